The van der Waals surface area contributed by atoms with Crippen molar-refractivity contribution in [2.75, 3.05) is 7.05 Å². The van der Waals surface area contributed by atoms with Gasteiger partial charge in [-0.05, 0) is 23.6 Å². The molecule has 0 amide bonds. The Labute approximate surface area is 138 Å². The van der Waals surface area contributed by atoms with E-state index in [1.807, 2.05) is 17.5 Å². The molecule has 1 aromatic heterocycles. The zero-order valence-electron chi connectivity index (χ0n) is 11.1. The molecule has 0 spiro atoms. The molecular weight excluding hydrogens is 348 g/mol. The summed E-state index contributed by atoms with van der Waals surface area (Å²) >= 11 is 12.4. The van der Waals surface area contributed by atoms with Gasteiger partial charge in [0.1, 0.15) is 9.88 Å². The van der Waals surface area contributed by atoms with Crippen LogP contribution >= 0.6 is 35.2 Å². The monoisotopic (exact) mass is 360 g/mol. The summed E-state index contributed by atoms with van der Waals surface area (Å²) in [4.78, 5) is 1.17. The van der Waals surface area contributed by atoms with Gasteiger partial charge in [-0.2, -0.15) is 4.31 Å². The van der Waals surface area contributed by atoms with Gasteiger partial charge in [-0.15, -0.1) is 11.3 Å². The number of rotatable bonds is 5. The molecule has 0 aliphatic carbocycles. The van der Waals surface area contributed by atoms with Crippen molar-refractivity contribution < 1.29 is 8.42 Å². The number of hydrogen-bond acceptors (Lipinski definition) is 4. The second-order valence-electron chi connectivity index (χ2n) is 4.35. The Hall–Kier alpha value is -0.990. The lowest BCUT2D eigenvalue weighted by Gasteiger charge is -2.17. The van der Waals surface area contributed by atoms with Crippen LogP contribution in [-0.2, 0) is 16.6 Å². The third-order valence-corrected chi connectivity index (χ3v) is 6.25. The quantitative estimate of drug-likeness (QED) is 0.833. The first-order valence-corrected chi connectivity index (χ1v) is 9.01. The Kier molecular flexibility index (Phi) is 5.00. The standard InChI is InChI=1S/C13H13ClN2O2S3/c1-16(8-10-3-2-6-20-10)21(17,18)12-5-4-9(13(15)19)7-11(12)14/h2-7H,8H2,1H3,(H2,15,19). The molecule has 112 valence electrons. The van der Waals surface area contributed by atoms with Crippen LogP contribution in [0.3, 0.4) is 0 Å². The normalized spacial score (nSPS) is 11.8. The minimum Gasteiger partial charge on any atom is -0.389 e. The number of hydrogen-bond donors (Lipinski definition) is 1. The van der Waals surface area contributed by atoms with Crippen LogP contribution in [-0.4, -0.2) is 24.8 Å². The third-order valence-electron chi connectivity index (χ3n) is 2.86. The summed E-state index contributed by atoms with van der Waals surface area (Å²) in [5, 5.41) is 2.01. The third kappa shape index (κ3) is 3.61. The molecule has 1 heterocycles. The first-order chi connectivity index (χ1) is 9.82. The summed E-state index contributed by atoms with van der Waals surface area (Å²) in [7, 11) is -2.14. The predicted molar refractivity (Wildman–Crippen MR) is 90.3 cm³/mol. The van der Waals surface area contributed by atoms with Gasteiger partial charge >= 0.3 is 0 Å². The number of nitrogens with zero attached hydrogens (tertiary/aromatic N) is 1. The summed E-state index contributed by atoms with van der Waals surface area (Å²) < 4.78 is 26.3. The van der Waals surface area contributed by atoms with Crippen molar-refractivity contribution in [3.63, 3.8) is 0 Å². The van der Waals surface area contributed by atoms with Gasteiger partial charge in [0.2, 0.25) is 10.0 Å². The number of benzene rings is 1. The molecule has 0 aliphatic heterocycles. The van der Waals surface area contributed by atoms with E-state index in [-0.39, 0.29) is 14.9 Å². The van der Waals surface area contributed by atoms with Gasteiger partial charge in [-0.25, -0.2) is 8.42 Å². The fraction of sp³-hybridized carbons (Fsp3) is 0.154. The zero-order chi connectivity index (χ0) is 15.6. The molecule has 2 N–H and O–H groups in total. The smallest absolute Gasteiger partial charge is 0.244 e. The highest BCUT2D eigenvalue weighted by molar-refractivity contribution is 7.89. The van der Waals surface area contributed by atoms with Gasteiger partial charge in [-0.3, -0.25) is 0 Å². The molecule has 0 saturated carbocycles. The van der Waals surface area contributed by atoms with Gasteiger partial charge in [0.25, 0.3) is 0 Å². The Morgan fingerprint density at radius 1 is 1.43 bits per heavy atom. The van der Waals surface area contributed by atoms with Crippen LogP contribution in [0, 0.1) is 0 Å². The van der Waals surface area contributed by atoms with E-state index in [1.54, 1.807) is 6.07 Å². The lowest BCUT2D eigenvalue weighted by Crippen LogP contribution is -2.26. The highest BCUT2D eigenvalue weighted by Gasteiger charge is 2.24. The number of thiophene rings is 1. The summed E-state index contributed by atoms with van der Waals surface area (Å²) in [6.07, 6.45) is 0. The van der Waals surface area contributed by atoms with Crippen LogP contribution in [0.1, 0.15) is 10.4 Å². The second-order valence-corrected chi connectivity index (χ2v) is 8.24. The van der Waals surface area contributed by atoms with Gasteiger partial charge in [0.05, 0.1) is 5.02 Å². The highest BCUT2D eigenvalue weighted by atomic mass is 35.5. The summed E-state index contributed by atoms with van der Waals surface area (Å²) in [5.74, 6) is 0. The molecule has 0 atom stereocenters. The average molecular weight is 361 g/mol. The van der Waals surface area contributed by atoms with E-state index in [9.17, 15) is 8.42 Å². The predicted octanol–water partition coefficient (Wildman–Crippen LogP) is 2.86. The van der Waals surface area contributed by atoms with E-state index in [1.165, 1.54) is 34.8 Å². The van der Waals surface area contributed by atoms with Crippen molar-refractivity contribution in [2.24, 2.45) is 5.73 Å². The molecule has 1 aromatic carbocycles. The molecule has 2 aromatic rings. The van der Waals surface area contributed by atoms with Crippen LogP contribution in [0.4, 0.5) is 0 Å². The number of nitrogens with two attached hydrogens (primary N) is 1. The van der Waals surface area contributed by atoms with Crippen LogP contribution in [0.5, 0.6) is 0 Å². The van der Waals surface area contributed by atoms with Crippen molar-refractivity contribution in [2.45, 2.75) is 11.4 Å². The molecule has 0 saturated heterocycles. The zero-order valence-corrected chi connectivity index (χ0v) is 14.3. The molecule has 0 aliphatic rings. The van der Waals surface area contributed by atoms with Crippen molar-refractivity contribution in [3.05, 3.63) is 51.2 Å². The molecule has 2 rings (SSSR count). The first-order valence-electron chi connectivity index (χ1n) is 5.90. The van der Waals surface area contributed by atoms with Crippen LogP contribution in [0.2, 0.25) is 5.02 Å². The maximum atomic E-state index is 12.5. The SMILES string of the molecule is CN(Cc1cccs1)S(=O)(=O)c1ccc(C(N)=S)cc1Cl. The fourth-order valence-electron chi connectivity index (χ4n) is 1.74. The number of sulfonamides is 1. The van der Waals surface area contributed by atoms with Crippen molar-refractivity contribution in [1.29, 1.82) is 0 Å². The van der Waals surface area contributed by atoms with Crippen LogP contribution in [0.25, 0.3) is 0 Å². The summed E-state index contributed by atoms with van der Waals surface area (Å²) in [5.41, 5.74) is 6.04. The Bertz CT molecular complexity index is 758. The molecule has 4 nitrogen and oxygen atoms in total. The fourth-order valence-corrected chi connectivity index (χ4v) is 4.37. The van der Waals surface area contributed by atoms with Crippen molar-refractivity contribution >= 4 is 50.2 Å². The van der Waals surface area contributed by atoms with E-state index >= 15 is 0 Å². The molecule has 0 fully saturated rings. The van der Waals surface area contributed by atoms with E-state index in [0.29, 0.717) is 12.1 Å². The van der Waals surface area contributed by atoms with Crippen LogP contribution < -0.4 is 5.73 Å². The summed E-state index contributed by atoms with van der Waals surface area (Å²) in [6, 6.07) is 8.21. The van der Waals surface area contributed by atoms with E-state index in [0.717, 1.165) is 4.88 Å². The molecule has 0 bridgehead atoms. The van der Waals surface area contributed by atoms with E-state index < -0.39 is 10.0 Å². The van der Waals surface area contributed by atoms with E-state index in [4.69, 9.17) is 29.6 Å². The van der Waals surface area contributed by atoms with E-state index in [2.05, 4.69) is 0 Å². The first kappa shape index (κ1) is 16.4. The van der Waals surface area contributed by atoms with Gasteiger partial charge < -0.3 is 5.73 Å². The molecule has 0 radical (unpaired) electrons. The lowest BCUT2D eigenvalue weighted by molar-refractivity contribution is 0.469. The van der Waals surface area contributed by atoms with Gasteiger partial charge in [0.15, 0.2) is 0 Å². The number of thiocarbonyl (C=S) groups is 1. The van der Waals surface area contributed by atoms with Gasteiger partial charge in [-0.1, -0.05) is 36.0 Å². The maximum Gasteiger partial charge on any atom is 0.244 e. The number of halogens is 1. The largest absolute Gasteiger partial charge is 0.389 e. The Morgan fingerprint density at radius 3 is 2.67 bits per heavy atom. The van der Waals surface area contributed by atoms with Crippen LogP contribution in [0.15, 0.2) is 40.6 Å². The Balaban J connectivity index is 2.33. The highest BCUT2D eigenvalue weighted by Crippen LogP contribution is 2.26. The minimum absolute atomic E-state index is 0.0447. The molecule has 0 unspecified atom stereocenters. The molecule has 21 heavy (non-hydrogen) atoms. The Morgan fingerprint density at radius 2 is 2.14 bits per heavy atom. The summed E-state index contributed by atoms with van der Waals surface area (Å²) in [6.45, 7) is 0.299. The molecule has 8 heteroatoms. The van der Waals surface area contributed by atoms with Crippen molar-refractivity contribution in [3.8, 4) is 0 Å². The minimum atomic E-state index is -3.66. The van der Waals surface area contributed by atoms with Crippen molar-refractivity contribution in [1.82, 2.24) is 4.31 Å². The second kappa shape index (κ2) is 6.41. The topological polar surface area (TPSA) is 63.4 Å². The van der Waals surface area contributed by atoms with Gasteiger partial charge in [0, 0.05) is 24.0 Å². The maximum absolute atomic E-state index is 12.5. The molecular formula is C13H13ClN2O2S3. The average Bonchev–Trinajstić information content (AvgIpc) is 2.90. The lowest BCUT2D eigenvalue weighted by atomic mass is 10.2.